The second-order valence-corrected chi connectivity index (χ2v) is 6.75. The zero-order valence-corrected chi connectivity index (χ0v) is 13.1. The van der Waals surface area contributed by atoms with E-state index < -0.39 is 0 Å². The van der Waals surface area contributed by atoms with E-state index >= 15 is 0 Å². The van der Waals surface area contributed by atoms with Gasteiger partial charge in [-0.05, 0) is 38.8 Å². The molecule has 2 aromatic rings. The smallest absolute Gasteiger partial charge is 0.145 e. The Hall–Kier alpha value is -0.710. The van der Waals surface area contributed by atoms with Crippen molar-refractivity contribution in [3.8, 4) is 0 Å². The van der Waals surface area contributed by atoms with Gasteiger partial charge >= 0.3 is 0 Å². The molecule has 5 heteroatoms. The summed E-state index contributed by atoms with van der Waals surface area (Å²) in [4.78, 5) is 13.9. The molecule has 2 heterocycles. The van der Waals surface area contributed by atoms with Crippen LogP contribution in [0, 0.1) is 13.8 Å². The van der Waals surface area contributed by atoms with Crippen LogP contribution in [-0.2, 0) is 6.54 Å². The van der Waals surface area contributed by atoms with Gasteiger partial charge in [-0.2, -0.15) is 0 Å². The van der Waals surface area contributed by atoms with Crippen molar-refractivity contribution in [2.24, 2.45) is 0 Å². The maximum atomic E-state index is 6.34. The molecule has 0 N–H and O–H groups in total. The van der Waals surface area contributed by atoms with E-state index in [2.05, 4.69) is 30.7 Å². The fourth-order valence-corrected chi connectivity index (χ4v) is 3.87. The third-order valence-corrected chi connectivity index (χ3v) is 5.22. The summed E-state index contributed by atoms with van der Waals surface area (Å²) >= 11 is 8.05. The number of fused-ring (bicyclic) bond motifs is 1. The third kappa shape index (κ3) is 2.49. The minimum absolute atomic E-state index is 0.605. The molecule has 0 saturated heterocycles. The first kappa shape index (κ1) is 13.3. The lowest BCUT2D eigenvalue weighted by atomic mass is 10.2. The zero-order valence-electron chi connectivity index (χ0n) is 11.5. The van der Waals surface area contributed by atoms with Crippen LogP contribution in [0.25, 0.3) is 10.2 Å². The molecule has 0 aromatic carbocycles. The highest BCUT2D eigenvalue weighted by atomic mass is 35.5. The normalized spacial score (nSPS) is 15.6. The molecule has 2 aromatic heterocycles. The minimum atomic E-state index is 0.605. The van der Waals surface area contributed by atoms with Crippen LogP contribution in [0.3, 0.4) is 0 Å². The number of nitrogens with zero attached hydrogens (tertiary/aromatic N) is 3. The van der Waals surface area contributed by atoms with Gasteiger partial charge in [-0.3, -0.25) is 4.90 Å². The van der Waals surface area contributed by atoms with Crippen LogP contribution in [0.5, 0.6) is 0 Å². The quantitative estimate of drug-likeness (QED) is 0.800. The number of hydrogen-bond donors (Lipinski definition) is 0. The molecule has 0 atom stereocenters. The van der Waals surface area contributed by atoms with Crippen LogP contribution in [-0.4, -0.2) is 27.5 Å². The number of halogens is 1. The Balaban J connectivity index is 1.96. The van der Waals surface area contributed by atoms with E-state index in [9.17, 15) is 0 Å². The minimum Gasteiger partial charge on any atom is -0.293 e. The Morgan fingerprint density at radius 2 is 2.05 bits per heavy atom. The lowest BCUT2D eigenvalue weighted by Gasteiger charge is -2.18. The average molecular weight is 296 g/mol. The van der Waals surface area contributed by atoms with Gasteiger partial charge in [-0.25, -0.2) is 9.97 Å². The molecule has 0 aliphatic heterocycles. The maximum absolute atomic E-state index is 6.34. The molecule has 19 heavy (non-hydrogen) atoms. The van der Waals surface area contributed by atoms with Crippen molar-refractivity contribution in [3.05, 3.63) is 21.4 Å². The van der Waals surface area contributed by atoms with E-state index in [0.717, 1.165) is 35.2 Å². The second-order valence-electron chi connectivity index (χ2n) is 5.19. The largest absolute Gasteiger partial charge is 0.293 e. The Bertz CT molecular complexity index is 619. The molecule has 0 spiro atoms. The van der Waals surface area contributed by atoms with E-state index in [4.69, 9.17) is 16.6 Å². The lowest BCUT2D eigenvalue weighted by Crippen LogP contribution is -2.26. The summed E-state index contributed by atoms with van der Waals surface area (Å²) in [5.41, 5.74) is 1.21. The summed E-state index contributed by atoms with van der Waals surface area (Å²) in [6.45, 7) is 8.25. The lowest BCUT2D eigenvalue weighted by molar-refractivity contribution is 0.263. The fourth-order valence-electron chi connectivity index (χ4n) is 2.43. The second kappa shape index (κ2) is 5.00. The molecule has 3 rings (SSSR count). The molecular weight excluding hydrogens is 278 g/mol. The topological polar surface area (TPSA) is 29.0 Å². The highest BCUT2D eigenvalue weighted by molar-refractivity contribution is 7.18. The van der Waals surface area contributed by atoms with E-state index in [0.29, 0.717) is 5.15 Å². The van der Waals surface area contributed by atoms with Gasteiger partial charge in [0.15, 0.2) is 0 Å². The van der Waals surface area contributed by atoms with Gasteiger partial charge in [0.05, 0.1) is 11.9 Å². The molecule has 3 nitrogen and oxygen atoms in total. The van der Waals surface area contributed by atoms with Crippen molar-refractivity contribution in [1.82, 2.24) is 14.9 Å². The molecule has 0 unspecified atom stereocenters. The monoisotopic (exact) mass is 295 g/mol. The summed E-state index contributed by atoms with van der Waals surface area (Å²) in [5, 5.41) is 1.64. The Morgan fingerprint density at radius 3 is 2.68 bits per heavy atom. The fraction of sp³-hybridized carbons (Fsp3) is 0.571. The van der Waals surface area contributed by atoms with Crippen LogP contribution in [0.15, 0.2) is 0 Å². The highest BCUT2D eigenvalue weighted by Crippen LogP contribution is 2.33. The van der Waals surface area contributed by atoms with Crippen LogP contribution in [0.2, 0.25) is 5.15 Å². The summed E-state index contributed by atoms with van der Waals surface area (Å²) in [6.07, 6.45) is 2.61. The van der Waals surface area contributed by atoms with E-state index in [1.54, 1.807) is 11.3 Å². The Labute approximate surface area is 122 Å². The molecule has 0 amide bonds. The standard InChI is InChI=1S/C14H18ClN3S/c1-4-18(10-5-6-10)7-11-16-13(15)12-8(2)9(3)19-14(12)17-11/h10H,4-7H2,1-3H3. The van der Waals surface area contributed by atoms with Crippen LogP contribution in [0.1, 0.15) is 36.0 Å². The Kier molecular flexibility index (Phi) is 3.50. The zero-order chi connectivity index (χ0) is 13.6. The first-order chi connectivity index (χ1) is 9.10. The number of aryl methyl sites for hydroxylation is 2. The van der Waals surface area contributed by atoms with Crippen molar-refractivity contribution >= 4 is 33.2 Å². The molecule has 1 aliphatic carbocycles. The molecule has 0 bridgehead atoms. The molecule has 0 radical (unpaired) electrons. The molecule has 1 fully saturated rings. The SMILES string of the molecule is CCN(Cc1nc(Cl)c2c(C)c(C)sc2n1)C1CC1. The van der Waals surface area contributed by atoms with Gasteiger partial charge in [0.2, 0.25) is 0 Å². The van der Waals surface area contributed by atoms with Crippen molar-refractivity contribution in [2.75, 3.05) is 6.54 Å². The van der Waals surface area contributed by atoms with Gasteiger partial charge in [0.25, 0.3) is 0 Å². The number of thiophene rings is 1. The number of hydrogen-bond acceptors (Lipinski definition) is 4. The first-order valence-electron chi connectivity index (χ1n) is 6.76. The summed E-state index contributed by atoms with van der Waals surface area (Å²) in [7, 11) is 0. The van der Waals surface area contributed by atoms with Gasteiger partial charge in [-0.15, -0.1) is 11.3 Å². The van der Waals surface area contributed by atoms with Gasteiger partial charge in [0, 0.05) is 10.9 Å². The summed E-state index contributed by atoms with van der Waals surface area (Å²) in [5.74, 6) is 0.854. The van der Waals surface area contributed by atoms with E-state index in [1.807, 2.05) is 0 Å². The first-order valence-corrected chi connectivity index (χ1v) is 7.95. The van der Waals surface area contributed by atoms with Crippen molar-refractivity contribution < 1.29 is 0 Å². The highest BCUT2D eigenvalue weighted by Gasteiger charge is 2.28. The predicted octanol–water partition coefficient (Wildman–Crippen LogP) is 3.95. The van der Waals surface area contributed by atoms with Gasteiger partial charge in [-0.1, -0.05) is 18.5 Å². The third-order valence-electron chi connectivity index (χ3n) is 3.84. The van der Waals surface area contributed by atoms with Crippen LogP contribution in [0.4, 0.5) is 0 Å². The predicted molar refractivity (Wildman–Crippen MR) is 81.0 cm³/mol. The van der Waals surface area contributed by atoms with E-state index in [1.165, 1.54) is 23.3 Å². The number of rotatable bonds is 4. The molecule has 1 saturated carbocycles. The molecule has 102 valence electrons. The number of aromatic nitrogens is 2. The van der Waals surface area contributed by atoms with Crippen LogP contribution >= 0.6 is 22.9 Å². The van der Waals surface area contributed by atoms with Crippen LogP contribution < -0.4 is 0 Å². The van der Waals surface area contributed by atoms with Gasteiger partial charge < -0.3 is 0 Å². The van der Waals surface area contributed by atoms with E-state index in [-0.39, 0.29) is 0 Å². The van der Waals surface area contributed by atoms with Crippen molar-refractivity contribution in [1.29, 1.82) is 0 Å². The molecule has 1 aliphatic rings. The Morgan fingerprint density at radius 1 is 1.32 bits per heavy atom. The summed E-state index contributed by atoms with van der Waals surface area (Å²) in [6, 6.07) is 0.731. The average Bonchev–Trinajstić information content (AvgIpc) is 3.15. The maximum Gasteiger partial charge on any atom is 0.145 e. The van der Waals surface area contributed by atoms with Gasteiger partial charge in [0.1, 0.15) is 15.8 Å². The molecular formula is C14H18ClN3S. The van der Waals surface area contributed by atoms with Crippen molar-refractivity contribution in [2.45, 2.75) is 46.2 Å². The summed E-state index contributed by atoms with van der Waals surface area (Å²) < 4.78 is 0. The van der Waals surface area contributed by atoms with Crippen molar-refractivity contribution in [3.63, 3.8) is 0 Å².